The molecule has 0 aliphatic rings. The molecule has 0 atom stereocenters. The molecule has 0 saturated heterocycles. The van der Waals surface area contributed by atoms with E-state index in [9.17, 15) is 5.11 Å². The summed E-state index contributed by atoms with van der Waals surface area (Å²) in [6.45, 7) is 0. The maximum absolute atomic E-state index is 10.5. The molecule has 16 heavy (non-hydrogen) atoms. The van der Waals surface area contributed by atoms with Crippen LogP contribution in [0.4, 0.5) is 0 Å². The number of hydrogen-bond acceptors (Lipinski definition) is 1. The summed E-state index contributed by atoms with van der Waals surface area (Å²) < 4.78 is 62.2. The molecule has 0 aliphatic carbocycles. The lowest BCUT2D eigenvalue weighted by molar-refractivity contribution is 0.220. The Balaban J connectivity index is 2.84. The minimum atomic E-state index is -1.92. The Bertz CT molecular complexity index is 727. The van der Waals surface area contributed by atoms with Crippen molar-refractivity contribution in [2.24, 2.45) is 0 Å². The van der Waals surface area contributed by atoms with Gasteiger partial charge in [0.15, 0.2) is 0 Å². The van der Waals surface area contributed by atoms with Crippen molar-refractivity contribution in [3.63, 3.8) is 0 Å². The van der Waals surface area contributed by atoms with Gasteiger partial charge in [0, 0.05) is 10.0 Å². The van der Waals surface area contributed by atoms with Gasteiger partial charge in [-0.1, -0.05) is 47.4 Å². The van der Waals surface area contributed by atoms with Gasteiger partial charge in [-0.25, -0.2) is 0 Å². The highest BCUT2D eigenvalue weighted by Crippen LogP contribution is 2.24. The maximum Gasteiger partial charge on any atom is 0.104 e. The van der Waals surface area contributed by atoms with Crippen LogP contribution in [0.1, 0.15) is 28.2 Å². The van der Waals surface area contributed by atoms with Crippen molar-refractivity contribution in [2.75, 3.05) is 0 Å². The third kappa shape index (κ3) is 2.56. The Kier molecular flexibility index (Phi) is 1.55. The van der Waals surface area contributed by atoms with Crippen molar-refractivity contribution in [3.8, 4) is 0 Å². The standard InChI is InChI=1S/C13H10Cl2O/c14-11-5-1-9(2-6-11)13(16)10-3-7-12(15)8-4-10/h1-8,13,16H/i1D,2D,3D,4D,5D,6D,7D,8D. The Morgan fingerprint density at radius 1 is 0.812 bits per heavy atom. The molecule has 0 aromatic heterocycles. The van der Waals surface area contributed by atoms with E-state index in [2.05, 4.69) is 0 Å². The Labute approximate surface area is 115 Å². The molecule has 0 radical (unpaired) electrons. The molecule has 0 unspecified atom stereocenters. The lowest BCUT2D eigenvalue weighted by Crippen LogP contribution is -1.98. The van der Waals surface area contributed by atoms with E-state index in [4.69, 9.17) is 34.2 Å². The Morgan fingerprint density at radius 2 is 1.12 bits per heavy atom. The van der Waals surface area contributed by atoms with E-state index in [1.807, 2.05) is 0 Å². The molecular weight excluding hydrogens is 243 g/mol. The average molecular weight is 261 g/mol. The van der Waals surface area contributed by atoms with E-state index >= 15 is 0 Å². The van der Waals surface area contributed by atoms with Gasteiger partial charge < -0.3 is 5.11 Å². The zero-order valence-corrected chi connectivity index (χ0v) is 9.29. The minimum absolute atomic E-state index is 0.420. The second-order valence-corrected chi connectivity index (χ2v) is 3.61. The highest BCUT2D eigenvalue weighted by atomic mass is 35.5. The lowest BCUT2D eigenvalue weighted by atomic mass is 10.0. The van der Waals surface area contributed by atoms with Gasteiger partial charge >= 0.3 is 0 Å². The molecule has 0 saturated carbocycles. The molecule has 1 N–H and O–H groups in total. The van der Waals surface area contributed by atoms with Crippen molar-refractivity contribution in [1.82, 2.24) is 0 Å². The van der Waals surface area contributed by atoms with E-state index in [1.165, 1.54) is 0 Å². The predicted molar refractivity (Wildman–Crippen MR) is 67.0 cm³/mol. The first kappa shape index (κ1) is 5.09. The van der Waals surface area contributed by atoms with Gasteiger partial charge in [0.2, 0.25) is 0 Å². The third-order valence-electron chi connectivity index (χ3n) is 1.77. The molecule has 82 valence electrons. The van der Waals surface area contributed by atoms with Crippen LogP contribution < -0.4 is 0 Å². The fourth-order valence-electron chi connectivity index (χ4n) is 1.03. The molecule has 0 spiro atoms. The molecule has 2 rings (SSSR count). The average Bonchev–Trinajstić information content (AvgIpc) is 2.55. The smallest absolute Gasteiger partial charge is 0.104 e. The van der Waals surface area contributed by atoms with Crippen LogP contribution in [0.5, 0.6) is 0 Å². The summed E-state index contributed by atoms with van der Waals surface area (Å²) in [5.74, 6) is 0. The van der Waals surface area contributed by atoms with Crippen molar-refractivity contribution in [2.45, 2.75) is 6.10 Å². The molecule has 3 heteroatoms. The molecule has 0 aliphatic heterocycles. The van der Waals surface area contributed by atoms with E-state index in [-0.39, 0.29) is 0 Å². The van der Waals surface area contributed by atoms with Crippen molar-refractivity contribution >= 4 is 23.2 Å². The fourth-order valence-corrected chi connectivity index (χ4v) is 1.22. The zero-order valence-electron chi connectivity index (χ0n) is 15.8. The molecule has 0 bridgehead atoms. The second kappa shape index (κ2) is 4.88. The number of rotatable bonds is 2. The fraction of sp³-hybridized carbons (Fsp3) is 0.0769. The first-order valence-electron chi connectivity index (χ1n) is 8.21. The largest absolute Gasteiger partial charge is 0.384 e. The maximum atomic E-state index is 10.5. The van der Waals surface area contributed by atoms with Crippen molar-refractivity contribution in [1.29, 1.82) is 0 Å². The summed E-state index contributed by atoms with van der Waals surface area (Å²) in [5.41, 5.74) is -0.977. The first-order valence-corrected chi connectivity index (χ1v) is 4.97. The molecule has 2 aromatic rings. The van der Waals surface area contributed by atoms with Crippen LogP contribution in [0.3, 0.4) is 0 Å². The van der Waals surface area contributed by atoms with Crippen LogP contribution in [0, 0.1) is 0 Å². The van der Waals surface area contributed by atoms with Gasteiger partial charge in [-0.05, 0) is 35.3 Å². The highest BCUT2D eigenvalue weighted by Gasteiger charge is 2.09. The third-order valence-corrected chi connectivity index (χ3v) is 2.15. The van der Waals surface area contributed by atoms with Crippen molar-refractivity contribution < 1.29 is 16.1 Å². The molecule has 0 amide bonds. The van der Waals surface area contributed by atoms with Crippen molar-refractivity contribution in [3.05, 3.63) is 69.5 Å². The van der Waals surface area contributed by atoms with Crippen LogP contribution in [0.15, 0.2) is 48.3 Å². The summed E-state index contributed by atoms with van der Waals surface area (Å²) in [6, 6.07) is -4.79. The number of hydrogen-bond donors (Lipinski definition) is 1. The topological polar surface area (TPSA) is 20.2 Å². The minimum Gasteiger partial charge on any atom is -0.384 e. The summed E-state index contributed by atoms with van der Waals surface area (Å²) in [4.78, 5) is 0. The first-order chi connectivity index (χ1) is 11.0. The molecule has 0 fully saturated rings. The summed E-state index contributed by atoms with van der Waals surface area (Å²) in [5, 5.41) is 9.66. The quantitative estimate of drug-likeness (QED) is 0.863. The van der Waals surface area contributed by atoms with Crippen LogP contribution in [-0.2, 0) is 0 Å². The molecular formula is C13H10Cl2O. The predicted octanol–water partition coefficient (Wildman–Crippen LogP) is 4.08. The number of aliphatic hydroxyl groups is 1. The lowest BCUT2D eigenvalue weighted by Gasteiger charge is -2.11. The van der Waals surface area contributed by atoms with Crippen LogP contribution in [-0.4, -0.2) is 5.11 Å². The van der Waals surface area contributed by atoms with Crippen LogP contribution in [0.2, 0.25) is 10.0 Å². The van der Waals surface area contributed by atoms with Gasteiger partial charge in [-0.15, -0.1) is 0 Å². The molecule has 1 nitrogen and oxygen atoms in total. The summed E-state index contributed by atoms with van der Waals surface area (Å²) in [7, 11) is 0. The Morgan fingerprint density at radius 3 is 1.44 bits per heavy atom. The van der Waals surface area contributed by atoms with Gasteiger partial charge in [0.05, 0.1) is 11.0 Å². The van der Waals surface area contributed by atoms with Gasteiger partial charge in [-0.3, -0.25) is 0 Å². The molecule has 0 heterocycles. The monoisotopic (exact) mass is 260 g/mol. The normalized spacial score (nSPS) is 17.8. The van der Waals surface area contributed by atoms with Gasteiger partial charge in [0.25, 0.3) is 0 Å². The zero-order chi connectivity index (χ0) is 18.5. The highest BCUT2D eigenvalue weighted by molar-refractivity contribution is 6.30. The van der Waals surface area contributed by atoms with Gasteiger partial charge in [0.1, 0.15) is 6.10 Å². The van der Waals surface area contributed by atoms with Crippen LogP contribution >= 0.6 is 23.2 Å². The molecule has 2 aromatic carbocycles. The van der Waals surface area contributed by atoms with E-state index in [1.54, 1.807) is 0 Å². The number of aliphatic hydroxyl groups excluding tert-OH is 1. The van der Waals surface area contributed by atoms with E-state index in [0.717, 1.165) is 0 Å². The second-order valence-electron chi connectivity index (χ2n) is 2.86. The summed E-state index contributed by atoms with van der Waals surface area (Å²) >= 11 is 11.4. The number of benzene rings is 2. The van der Waals surface area contributed by atoms with E-state index < -0.39 is 75.6 Å². The van der Waals surface area contributed by atoms with E-state index in [0.29, 0.717) is 0 Å². The van der Waals surface area contributed by atoms with Gasteiger partial charge in [-0.2, -0.15) is 0 Å². The Hall–Kier alpha value is -1.02. The SMILES string of the molecule is [2H]c1c([2H])c(C(O)c2c([2H])c([2H])c(Cl)c([2H])c2[2H])c([2H])c([2H])c1Cl. The number of halogens is 2. The summed E-state index contributed by atoms with van der Waals surface area (Å²) in [6.07, 6.45) is -1.92. The van der Waals surface area contributed by atoms with Crippen LogP contribution in [0.25, 0.3) is 0 Å².